The van der Waals surface area contributed by atoms with E-state index < -0.39 is 0 Å². The van der Waals surface area contributed by atoms with E-state index in [1.807, 2.05) is 14.1 Å². The standard InChI is InChI=1S/C14H29N3O2/c1-17(2)9-11-19-10-8-16-14(18)6-5-13-4-3-7-15-12-13/h13,15H,3-12H2,1-2H3,(H,16,18). The van der Waals surface area contributed by atoms with Gasteiger partial charge in [0.25, 0.3) is 0 Å². The third-order valence-corrected chi connectivity index (χ3v) is 3.43. The smallest absolute Gasteiger partial charge is 0.220 e. The zero-order chi connectivity index (χ0) is 13.9. The second-order valence-corrected chi connectivity index (χ2v) is 5.52. The van der Waals surface area contributed by atoms with Gasteiger partial charge in [-0.3, -0.25) is 4.79 Å². The molecule has 5 nitrogen and oxygen atoms in total. The highest BCUT2D eigenvalue weighted by molar-refractivity contribution is 5.75. The predicted octanol–water partition coefficient (Wildman–Crippen LogP) is 0.461. The number of nitrogens with zero attached hydrogens (tertiary/aromatic N) is 1. The Morgan fingerprint density at radius 1 is 1.42 bits per heavy atom. The zero-order valence-corrected chi connectivity index (χ0v) is 12.4. The third-order valence-electron chi connectivity index (χ3n) is 3.43. The van der Waals surface area contributed by atoms with Gasteiger partial charge in [-0.2, -0.15) is 0 Å². The fourth-order valence-corrected chi connectivity index (χ4v) is 2.21. The van der Waals surface area contributed by atoms with E-state index in [1.165, 1.54) is 12.8 Å². The van der Waals surface area contributed by atoms with Crippen molar-refractivity contribution in [2.75, 3.05) is 53.5 Å². The Morgan fingerprint density at radius 3 is 2.95 bits per heavy atom. The van der Waals surface area contributed by atoms with Gasteiger partial charge in [0.05, 0.1) is 13.2 Å². The molecular weight excluding hydrogens is 242 g/mol. The average Bonchev–Trinajstić information content (AvgIpc) is 2.41. The molecule has 0 bridgehead atoms. The van der Waals surface area contributed by atoms with Crippen molar-refractivity contribution in [1.29, 1.82) is 0 Å². The summed E-state index contributed by atoms with van der Waals surface area (Å²) in [7, 11) is 4.04. The summed E-state index contributed by atoms with van der Waals surface area (Å²) in [5, 5.41) is 6.29. The second kappa shape index (κ2) is 10.2. The number of piperidine rings is 1. The summed E-state index contributed by atoms with van der Waals surface area (Å²) in [6, 6.07) is 0. The van der Waals surface area contributed by atoms with Crippen molar-refractivity contribution >= 4 is 5.91 Å². The lowest BCUT2D eigenvalue weighted by Crippen LogP contribution is -2.32. The number of nitrogens with one attached hydrogen (secondary N) is 2. The maximum Gasteiger partial charge on any atom is 0.220 e. The van der Waals surface area contributed by atoms with E-state index in [9.17, 15) is 4.79 Å². The first-order chi connectivity index (χ1) is 9.18. The number of likely N-dealkylation sites (N-methyl/N-ethyl adjacent to an activating group) is 1. The summed E-state index contributed by atoms with van der Waals surface area (Å²) in [6.45, 7) is 5.06. The minimum absolute atomic E-state index is 0.154. The molecule has 112 valence electrons. The fraction of sp³-hybridized carbons (Fsp3) is 0.929. The second-order valence-electron chi connectivity index (χ2n) is 5.52. The molecule has 0 saturated carbocycles. The lowest BCUT2D eigenvalue weighted by molar-refractivity contribution is -0.121. The van der Waals surface area contributed by atoms with Crippen molar-refractivity contribution in [3.05, 3.63) is 0 Å². The van der Waals surface area contributed by atoms with Crippen molar-refractivity contribution in [3.63, 3.8) is 0 Å². The van der Waals surface area contributed by atoms with Crippen molar-refractivity contribution in [1.82, 2.24) is 15.5 Å². The van der Waals surface area contributed by atoms with Crippen LogP contribution in [0.5, 0.6) is 0 Å². The quantitative estimate of drug-likeness (QED) is 0.598. The van der Waals surface area contributed by atoms with Gasteiger partial charge >= 0.3 is 0 Å². The maximum atomic E-state index is 11.6. The van der Waals surface area contributed by atoms with E-state index in [1.54, 1.807) is 0 Å². The number of ether oxygens (including phenoxy) is 1. The summed E-state index contributed by atoms with van der Waals surface area (Å²) >= 11 is 0. The minimum Gasteiger partial charge on any atom is -0.378 e. The molecule has 1 heterocycles. The van der Waals surface area contributed by atoms with Crippen LogP contribution in [0, 0.1) is 5.92 Å². The molecule has 0 aliphatic carbocycles. The van der Waals surface area contributed by atoms with Crippen molar-refractivity contribution in [2.24, 2.45) is 5.92 Å². The molecule has 1 atom stereocenters. The van der Waals surface area contributed by atoms with Gasteiger partial charge in [-0.05, 0) is 52.4 Å². The highest BCUT2D eigenvalue weighted by atomic mass is 16.5. The molecular formula is C14H29N3O2. The molecule has 0 aromatic heterocycles. The van der Waals surface area contributed by atoms with Gasteiger partial charge in [0, 0.05) is 19.5 Å². The highest BCUT2D eigenvalue weighted by Gasteiger charge is 2.14. The number of hydrogen-bond acceptors (Lipinski definition) is 4. The van der Waals surface area contributed by atoms with Crippen molar-refractivity contribution in [3.8, 4) is 0 Å². The van der Waals surface area contributed by atoms with Crippen LogP contribution in [0.4, 0.5) is 0 Å². The van der Waals surface area contributed by atoms with E-state index in [4.69, 9.17) is 4.74 Å². The SMILES string of the molecule is CN(C)CCOCCNC(=O)CCC1CCCNC1. The van der Waals surface area contributed by atoms with Gasteiger partial charge in [0.2, 0.25) is 5.91 Å². The Morgan fingerprint density at radius 2 is 2.26 bits per heavy atom. The van der Waals surface area contributed by atoms with Crippen LogP contribution in [-0.4, -0.2) is 64.3 Å². The lowest BCUT2D eigenvalue weighted by atomic mass is 9.94. The number of hydrogen-bond donors (Lipinski definition) is 2. The summed E-state index contributed by atoms with van der Waals surface area (Å²) in [6.07, 6.45) is 4.14. The first kappa shape index (κ1) is 16.4. The molecule has 1 aliphatic heterocycles. The van der Waals surface area contributed by atoms with Crippen LogP contribution in [0.15, 0.2) is 0 Å². The Bertz CT molecular complexity index is 241. The van der Waals surface area contributed by atoms with Gasteiger partial charge < -0.3 is 20.3 Å². The number of rotatable bonds is 9. The highest BCUT2D eigenvalue weighted by Crippen LogP contribution is 2.15. The number of amides is 1. The molecule has 0 aromatic rings. The minimum atomic E-state index is 0.154. The van der Waals surface area contributed by atoms with E-state index >= 15 is 0 Å². The Balaban J connectivity index is 1.90. The first-order valence-electron chi connectivity index (χ1n) is 7.38. The van der Waals surface area contributed by atoms with Gasteiger partial charge in [-0.1, -0.05) is 0 Å². The third kappa shape index (κ3) is 8.97. The zero-order valence-electron chi connectivity index (χ0n) is 12.4. The van der Waals surface area contributed by atoms with Crippen LogP contribution in [0.3, 0.4) is 0 Å². The molecule has 19 heavy (non-hydrogen) atoms. The summed E-state index contributed by atoms with van der Waals surface area (Å²) in [5.74, 6) is 0.831. The normalized spacial score (nSPS) is 19.6. The molecule has 2 N–H and O–H groups in total. The van der Waals surface area contributed by atoms with Gasteiger partial charge in [0.1, 0.15) is 0 Å². The van der Waals surface area contributed by atoms with E-state index in [2.05, 4.69) is 15.5 Å². The summed E-state index contributed by atoms with van der Waals surface area (Å²) < 4.78 is 5.42. The van der Waals surface area contributed by atoms with Crippen LogP contribution < -0.4 is 10.6 Å². The maximum absolute atomic E-state index is 11.6. The molecule has 0 radical (unpaired) electrons. The van der Waals surface area contributed by atoms with E-state index in [0.717, 1.165) is 32.7 Å². The van der Waals surface area contributed by atoms with Gasteiger partial charge in [-0.25, -0.2) is 0 Å². The average molecular weight is 271 g/mol. The largest absolute Gasteiger partial charge is 0.378 e. The molecule has 1 aliphatic rings. The summed E-state index contributed by atoms with van der Waals surface area (Å²) in [5.41, 5.74) is 0. The van der Waals surface area contributed by atoms with Crippen LogP contribution in [0.25, 0.3) is 0 Å². The van der Waals surface area contributed by atoms with Crippen LogP contribution >= 0.6 is 0 Å². The molecule has 5 heteroatoms. The van der Waals surface area contributed by atoms with Crippen LogP contribution in [-0.2, 0) is 9.53 Å². The molecule has 0 aromatic carbocycles. The van der Waals surface area contributed by atoms with Crippen molar-refractivity contribution < 1.29 is 9.53 Å². The molecule has 1 fully saturated rings. The monoisotopic (exact) mass is 271 g/mol. The van der Waals surface area contributed by atoms with Gasteiger partial charge in [-0.15, -0.1) is 0 Å². The Labute approximate surface area is 117 Å². The molecule has 1 saturated heterocycles. The van der Waals surface area contributed by atoms with Crippen LogP contribution in [0.1, 0.15) is 25.7 Å². The van der Waals surface area contributed by atoms with Gasteiger partial charge in [0.15, 0.2) is 0 Å². The Kier molecular flexibility index (Phi) is 8.79. The number of carbonyl (C=O) groups is 1. The number of carbonyl (C=O) groups excluding carboxylic acids is 1. The Hall–Kier alpha value is -0.650. The van der Waals surface area contributed by atoms with Crippen LogP contribution in [0.2, 0.25) is 0 Å². The molecule has 1 unspecified atom stereocenters. The molecule has 0 spiro atoms. The predicted molar refractivity (Wildman–Crippen MR) is 77.2 cm³/mol. The topological polar surface area (TPSA) is 53.6 Å². The fourth-order valence-electron chi connectivity index (χ4n) is 2.21. The van der Waals surface area contributed by atoms with E-state index in [0.29, 0.717) is 25.5 Å². The molecule has 1 rings (SSSR count). The van der Waals surface area contributed by atoms with Crippen molar-refractivity contribution in [2.45, 2.75) is 25.7 Å². The molecule has 1 amide bonds. The lowest BCUT2D eigenvalue weighted by Gasteiger charge is -2.22. The van der Waals surface area contributed by atoms with E-state index in [-0.39, 0.29) is 5.91 Å². The first-order valence-corrected chi connectivity index (χ1v) is 7.38. The summed E-state index contributed by atoms with van der Waals surface area (Å²) in [4.78, 5) is 13.7.